The van der Waals surface area contributed by atoms with E-state index in [1.165, 1.54) is 0 Å². The van der Waals surface area contributed by atoms with Gasteiger partial charge in [0.1, 0.15) is 5.38 Å². The quantitative estimate of drug-likeness (QED) is 0.716. The number of hydrogen-bond acceptors (Lipinski definition) is 3. The lowest BCUT2D eigenvalue weighted by molar-refractivity contribution is -0.138. The Morgan fingerprint density at radius 1 is 1.71 bits per heavy atom. The number of nitrogens with zero attached hydrogens (tertiary/aromatic N) is 1. The number of alkyl halides is 1. The summed E-state index contributed by atoms with van der Waals surface area (Å²) in [6.07, 6.45) is 0. The highest BCUT2D eigenvalue weighted by Gasteiger charge is 2.29. The molecule has 1 N–H and O–H groups in total. The number of carboxylic acid groups (broad SMARTS) is 1. The smallest absolute Gasteiger partial charge is 0.322 e. The maximum Gasteiger partial charge on any atom is 0.322 e. The molecule has 1 fully saturated rings. The Labute approximate surface area is 88.8 Å². The van der Waals surface area contributed by atoms with Crippen molar-refractivity contribution in [2.45, 2.75) is 24.8 Å². The fourth-order valence-electron chi connectivity index (χ4n) is 1.57. The van der Waals surface area contributed by atoms with Crippen LogP contribution >= 0.6 is 11.6 Å². The molecule has 1 aliphatic heterocycles. The van der Waals surface area contributed by atoms with Crippen LogP contribution in [0.15, 0.2) is 0 Å². The minimum absolute atomic E-state index is 0.201. The van der Waals surface area contributed by atoms with Crippen molar-refractivity contribution in [3.05, 3.63) is 0 Å². The number of rotatable bonds is 3. The molecule has 0 saturated carbocycles. The van der Waals surface area contributed by atoms with Gasteiger partial charge in [0.15, 0.2) is 0 Å². The number of hydrogen-bond donors (Lipinski definition) is 1. The molecule has 0 aromatic rings. The van der Waals surface area contributed by atoms with Gasteiger partial charge in [-0.25, -0.2) is 0 Å². The third-order valence-corrected chi connectivity index (χ3v) is 2.52. The molecule has 0 aromatic carbocycles. The van der Waals surface area contributed by atoms with Crippen LogP contribution in [-0.4, -0.2) is 53.2 Å². The van der Waals surface area contributed by atoms with E-state index in [9.17, 15) is 4.79 Å². The van der Waals surface area contributed by atoms with Crippen molar-refractivity contribution in [1.82, 2.24) is 4.90 Å². The van der Waals surface area contributed by atoms with Crippen molar-refractivity contribution in [2.75, 3.05) is 26.2 Å². The number of morpholine rings is 1. The van der Waals surface area contributed by atoms with E-state index in [1.54, 1.807) is 0 Å². The third kappa shape index (κ3) is 3.44. The molecule has 82 valence electrons. The fraction of sp³-hybridized carbons (Fsp3) is 0.889. The normalized spacial score (nSPS) is 24.5. The summed E-state index contributed by atoms with van der Waals surface area (Å²) in [5, 5.41) is 7.82. The highest BCUT2D eigenvalue weighted by molar-refractivity contribution is 6.29. The molecule has 1 unspecified atom stereocenters. The zero-order valence-corrected chi connectivity index (χ0v) is 9.25. The monoisotopic (exact) mass is 221 g/mol. The van der Waals surface area contributed by atoms with Gasteiger partial charge in [0, 0.05) is 19.6 Å². The molecule has 1 rings (SSSR count). The summed E-state index contributed by atoms with van der Waals surface area (Å²) < 4.78 is 5.51. The predicted octanol–water partition coefficient (Wildman–Crippen LogP) is 0.789. The molecule has 1 heterocycles. The van der Waals surface area contributed by atoms with E-state index in [4.69, 9.17) is 21.4 Å². The second-order valence-corrected chi connectivity index (χ2v) is 4.68. The van der Waals surface area contributed by atoms with Gasteiger partial charge in [-0.3, -0.25) is 9.69 Å². The molecule has 0 aliphatic carbocycles. The molecule has 1 aliphatic rings. The molecular weight excluding hydrogens is 206 g/mol. The Hall–Kier alpha value is -0.320. The molecular formula is C9H16ClNO3. The molecule has 0 radical (unpaired) electrons. The summed E-state index contributed by atoms with van der Waals surface area (Å²) in [6.45, 7) is 6.47. The van der Waals surface area contributed by atoms with Gasteiger partial charge in [-0.05, 0) is 13.8 Å². The maximum absolute atomic E-state index is 10.5. The van der Waals surface area contributed by atoms with Crippen molar-refractivity contribution in [1.29, 1.82) is 0 Å². The second-order valence-electron chi connectivity index (χ2n) is 4.15. The lowest BCUT2D eigenvalue weighted by atomic mass is 10.1. The number of halogens is 1. The molecule has 0 aromatic heterocycles. The van der Waals surface area contributed by atoms with Crippen molar-refractivity contribution < 1.29 is 14.6 Å². The molecule has 0 bridgehead atoms. The molecule has 14 heavy (non-hydrogen) atoms. The number of carboxylic acids is 1. The van der Waals surface area contributed by atoms with Crippen LogP contribution in [0.5, 0.6) is 0 Å². The van der Waals surface area contributed by atoms with Crippen LogP contribution in [0.25, 0.3) is 0 Å². The maximum atomic E-state index is 10.5. The lowest BCUT2D eigenvalue weighted by Gasteiger charge is -2.38. The summed E-state index contributed by atoms with van der Waals surface area (Å²) in [4.78, 5) is 12.6. The largest absolute Gasteiger partial charge is 0.480 e. The highest BCUT2D eigenvalue weighted by Crippen LogP contribution is 2.17. The van der Waals surface area contributed by atoms with Gasteiger partial charge in [-0.2, -0.15) is 0 Å². The van der Waals surface area contributed by atoms with Crippen LogP contribution < -0.4 is 0 Å². The van der Waals surface area contributed by atoms with E-state index in [0.29, 0.717) is 13.2 Å². The van der Waals surface area contributed by atoms with Gasteiger partial charge in [-0.1, -0.05) is 0 Å². The Balaban J connectivity index is 2.42. The predicted molar refractivity (Wildman–Crippen MR) is 53.7 cm³/mol. The van der Waals surface area contributed by atoms with E-state index in [2.05, 4.69) is 0 Å². The molecule has 5 heteroatoms. The summed E-state index contributed by atoms with van der Waals surface area (Å²) in [7, 11) is 0. The zero-order chi connectivity index (χ0) is 10.8. The first kappa shape index (κ1) is 11.8. The topological polar surface area (TPSA) is 49.8 Å². The Morgan fingerprint density at radius 2 is 2.36 bits per heavy atom. The van der Waals surface area contributed by atoms with Crippen LogP contribution in [0.1, 0.15) is 13.8 Å². The molecule has 1 saturated heterocycles. The van der Waals surface area contributed by atoms with Crippen LogP contribution in [0.4, 0.5) is 0 Å². The van der Waals surface area contributed by atoms with Crippen LogP contribution in [-0.2, 0) is 9.53 Å². The SMILES string of the molecule is CC1(C)CN(CC(Cl)C(=O)O)CCO1. The van der Waals surface area contributed by atoms with Gasteiger partial charge < -0.3 is 9.84 Å². The number of carbonyl (C=O) groups is 1. The molecule has 0 amide bonds. The van der Waals surface area contributed by atoms with Crippen molar-refractivity contribution >= 4 is 17.6 Å². The lowest BCUT2D eigenvalue weighted by Crippen LogP contribution is -2.50. The molecule has 0 spiro atoms. The van der Waals surface area contributed by atoms with Crippen LogP contribution in [0.2, 0.25) is 0 Å². The van der Waals surface area contributed by atoms with Crippen molar-refractivity contribution in [3.63, 3.8) is 0 Å². The third-order valence-electron chi connectivity index (χ3n) is 2.19. The first-order valence-corrected chi connectivity index (χ1v) is 5.07. The van der Waals surface area contributed by atoms with E-state index in [1.807, 2.05) is 18.7 Å². The van der Waals surface area contributed by atoms with Crippen LogP contribution in [0, 0.1) is 0 Å². The average Bonchev–Trinajstić information content (AvgIpc) is 2.01. The number of aliphatic carboxylic acids is 1. The van der Waals surface area contributed by atoms with Gasteiger partial charge in [-0.15, -0.1) is 11.6 Å². The first-order chi connectivity index (χ1) is 6.41. The summed E-state index contributed by atoms with van der Waals surface area (Å²) in [6, 6.07) is 0. The van der Waals surface area contributed by atoms with Gasteiger partial charge >= 0.3 is 5.97 Å². The highest BCUT2D eigenvalue weighted by atomic mass is 35.5. The Bertz CT molecular complexity index is 220. The number of ether oxygens (including phenoxy) is 1. The van der Waals surface area contributed by atoms with Crippen LogP contribution in [0.3, 0.4) is 0 Å². The average molecular weight is 222 g/mol. The Kier molecular flexibility index (Phi) is 3.75. The second kappa shape index (κ2) is 4.47. The van der Waals surface area contributed by atoms with Gasteiger partial charge in [0.2, 0.25) is 0 Å². The van der Waals surface area contributed by atoms with E-state index >= 15 is 0 Å². The van der Waals surface area contributed by atoms with Gasteiger partial charge in [0.25, 0.3) is 0 Å². The zero-order valence-electron chi connectivity index (χ0n) is 8.49. The van der Waals surface area contributed by atoms with Crippen molar-refractivity contribution in [3.8, 4) is 0 Å². The summed E-state index contributed by atoms with van der Waals surface area (Å²) >= 11 is 5.66. The fourth-order valence-corrected chi connectivity index (χ4v) is 1.77. The van der Waals surface area contributed by atoms with E-state index in [0.717, 1.165) is 13.1 Å². The summed E-state index contributed by atoms with van der Waals surface area (Å²) in [5.74, 6) is -0.962. The molecule has 1 atom stereocenters. The van der Waals surface area contributed by atoms with E-state index < -0.39 is 11.3 Å². The minimum atomic E-state index is -0.962. The van der Waals surface area contributed by atoms with E-state index in [-0.39, 0.29) is 5.60 Å². The summed E-state index contributed by atoms with van der Waals surface area (Å²) in [5.41, 5.74) is -0.201. The van der Waals surface area contributed by atoms with Crippen molar-refractivity contribution in [2.24, 2.45) is 0 Å². The standard InChI is InChI=1S/C9H16ClNO3/c1-9(2)6-11(3-4-14-9)5-7(10)8(12)13/h7H,3-6H2,1-2H3,(H,12,13). The van der Waals surface area contributed by atoms with Gasteiger partial charge in [0.05, 0.1) is 12.2 Å². The molecule has 4 nitrogen and oxygen atoms in total. The first-order valence-electron chi connectivity index (χ1n) is 4.64. The Morgan fingerprint density at radius 3 is 2.86 bits per heavy atom. The minimum Gasteiger partial charge on any atom is -0.480 e.